The molecule has 0 unspecified atom stereocenters. The molecular weight excluding hydrogens is 434 g/mol. The van der Waals surface area contributed by atoms with Crippen molar-refractivity contribution < 1.29 is 45.4 Å². The van der Waals surface area contributed by atoms with E-state index in [0.717, 1.165) is 6.07 Å². The van der Waals surface area contributed by atoms with Crippen LogP contribution >= 0.6 is 0 Å². The van der Waals surface area contributed by atoms with E-state index < -0.39 is 35.1 Å². The van der Waals surface area contributed by atoms with Gasteiger partial charge in [0.05, 0.1) is 29.4 Å². The number of alkyl halides is 6. The van der Waals surface area contributed by atoms with Gasteiger partial charge in [-0.25, -0.2) is 0 Å². The zero-order valence-electron chi connectivity index (χ0n) is 16.1. The molecule has 1 amide bonds. The number of nitrogens with zero attached hydrogens (tertiary/aromatic N) is 1. The molecule has 1 aromatic rings. The molecule has 0 aromatic heterocycles. The fourth-order valence-corrected chi connectivity index (χ4v) is 3.77. The molecule has 2 aliphatic rings. The number of ether oxygens (including phenoxy) is 2. The topological polar surface area (TPSA) is 81.9 Å². The van der Waals surface area contributed by atoms with Crippen molar-refractivity contribution in [3.05, 3.63) is 34.9 Å². The number of carbonyl (C=O) groups excluding carboxylic acids is 2. The average molecular weight is 454 g/mol. The predicted octanol–water partition coefficient (Wildman–Crippen LogP) is 2.73. The monoisotopic (exact) mass is 454 g/mol. The van der Waals surface area contributed by atoms with E-state index in [1.807, 2.05) is 0 Å². The van der Waals surface area contributed by atoms with Gasteiger partial charge in [-0.2, -0.15) is 26.3 Å². The first-order valence-corrected chi connectivity index (χ1v) is 9.34. The average Bonchev–Trinajstić information content (AvgIpc) is 2.61. The molecule has 2 fully saturated rings. The quantitative estimate of drug-likeness (QED) is 0.506. The molecule has 31 heavy (non-hydrogen) atoms. The Bertz CT molecular complexity index is 830. The van der Waals surface area contributed by atoms with Crippen molar-refractivity contribution in [2.75, 3.05) is 19.7 Å². The zero-order valence-corrected chi connectivity index (χ0v) is 16.1. The molecule has 2 N–H and O–H groups in total. The van der Waals surface area contributed by atoms with Crippen LogP contribution < -0.4 is 5.73 Å². The summed E-state index contributed by atoms with van der Waals surface area (Å²) in [6, 6.07) is 1.76. The highest BCUT2D eigenvalue weighted by Gasteiger charge is 2.48. The van der Waals surface area contributed by atoms with Crippen LogP contribution in [0.2, 0.25) is 0 Å². The van der Waals surface area contributed by atoms with Crippen molar-refractivity contribution in [2.45, 2.75) is 43.4 Å². The lowest BCUT2D eigenvalue weighted by Gasteiger charge is -2.48. The Hall–Kier alpha value is -2.34. The lowest BCUT2D eigenvalue weighted by Crippen LogP contribution is -2.63. The van der Waals surface area contributed by atoms with E-state index >= 15 is 0 Å². The van der Waals surface area contributed by atoms with Crippen LogP contribution in [0.3, 0.4) is 0 Å². The van der Waals surface area contributed by atoms with Crippen LogP contribution in [-0.4, -0.2) is 48.6 Å². The number of nitrogens with two attached hydrogens (primary N) is 1. The van der Waals surface area contributed by atoms with Crippen molar-refractivity contribution in [1.29, 1.82) is 0 Å². The summed E-state index contributed by atoms with van der Waals surface area (Å²) in [7, 11) is 0. The molecular formula is C19H20F6N2O4. The fourth-order valence-electron chi connectivity index (χ4n) is 3.77. The number of hydrogen-bond acceptors (Lipinski definition) is 5. The molecule has 1 heterocycles. The van der Waals surface area contributed by atoms with E-state index in [4.69, 9.17) is 10.5 Å². The summed E-state index contributed by atoms with van der Waals surface area (Å²) in [5.74, 6) is -0.439. The Kier molecular flexibility index (Phi) is 6.25. The lowest BCUT2D eigenvalue weighted by atomic mass is 9.68. The van der Waals surface area contributed by atoms with Gasteiger partial charge in [-0.05, 0) is 30.5 Å². The Morgan fingerprint density at radius 1 is 1.13 bits per heavy atom. The highest BCUT2D eigenvalue weighted by Crippen LogP contribution is 2.41. The van der Waals surface area contributed by atoms with Crippen LogP contribution in [0.25, 0.3) is 0 Å². The molecule has 6 nitrogen and oxygen atoms in total. The molecule has 3 rings (SSSR count). The summed E-state index contributed by atoms with van der Waals surface area (Å²) in [6.07, 6.45) is -9.97. The molecule has 0 radical (unpaired) electrons. The van der Waals surface area contributed by atoms with Gasteiger partial charge in [0, 0.05) is 19.0 Å². The van der Waals surface area contributed by atoms with Gasteiger partial charge in [0.15, 0.2) is 0 Å². The van der Waals surface area contributed by atoms with Crippen LogP contribution in [-0.2, 0) is 38.0 Å². The molecule has 1 aliphatic carbocycles. The van der Waals surface area contributed by atoms with Crippen LogP contribution in [0.1, 0.15) is 29.5 Å². The molecule has 1 aliphatic heterocycles. The van der Waals surface area contributed by atoms with Gasteiger partial charge in [-0.1, -0.05) is 6.07 Å². The van der Waals surface area contributed by atoms with Crippen LogP contribution in [0.4, 0.5) is 26.3 Å². The largest absolute Gasteiger partial charge is 0.466 e. The first kappa shape index (κ1) is 23.3. The maximum absolute atomic E-state index is 13.0. The first-order valence-electron chi connectivity index (χ1n) is 9.34. The van der Waals surface area contributed by atoms with Crippen LogP contribution in [0.5, 0.6) is 0 Å². The second kappa shape index (κ2) is 8.30. The van der Waals surface area contributed by atoms with E-state index in [0.29, 0.717) is 25.0 Å². The van der Waals surface area contributed by atoms with Gasteiger partial charge < -0.3 is 20.1 Å². The predicted molar refractivity (Wildman–Crippen MR) is 93.3 cm³/mol. The maximum atomic E-state index is 13.0. The van der Waals surface area contributed by atoms with E-state index in [-0.39, 0.29) is 50.2 Å². The maximum Gasteiger partial charge on any atom is 0.417 e. The van der Waals surface area contributed by atoms with Crippen molar-refractivity contribution in [3.8, 4) is 0 Å². The Morgan fingerprint density at radius 3 is 2.29 bits per heavy atom. The minimum Gasteiger partial charge on any atom is -0.466 e. The standard InChI is InChI=1S/C19H20F6N2O4/c20-18(21,22)14-2-1-11(3-15(14)19(23,24)25)8-31-13-6-27(7-13)16(29)12-4-17(26,5-12)9-30-10-28/h1-3,10,12-13H,4-9,26H2. The molecule has 0 spiro atoms. The minimum atomic E-state index is -5.15. The van der Waals surface area contributed by atoms with Crippen LogP contribution in [0, 0.1) is 5.92 Å². The summed E-state index contributed by atoms with van der Waals surface area (Å²) < 4.78 is 87.5. The summed E-state index contributed by atoms with van der Waals surface area (Å²) in [5.41, 5.74) is 1.68. The molecule has 1 saturated carbocycles. The number of amides is 1. The second-order valence-corrected chi connectivity index (χ2v) is 7.93. The number of hydrogen-bond donors (Lipinski definition) is 1. The third-order valence-corrected chi connectivity index (χ3v) is 5.43. The summed E-state index contributed by atoms with van der Waals surface area (Å²) >= 11 is 0. The third kappa shape index (κ3) is 5.29. The number of benzene rings is 1. The number of carbonyl (C=O) groups is 2. The third-order valence-electron chi connectivity index (χ3n) is 5.43. The van der Waals surface area contributed by atoms with Gasteiger partial charge in [0.2, 0.25) is 5.91 Å². The van der Waals surface area contributed by atoms with E-state index in [1.165, 1.54) is 4.90 Å². The van der Waals surface area contributed by atoms with E-state index in [2.05, 4.69) is 4.74 Å². The molecule has 1 aromatic carbocycles. The SMILES string of the molecule is NC1(COC=O)CC(C(=O)N2CC(OCc3ccc(C(F)(F)F)c(C(F)(F)F)c3)C2)C1. The Labute approximate surface area is 173 Å². The lowest BCUT2D eigenvalue weighted by molar-refractivity contribution is -0.162. The number of rotatable bonds is 7. The molecule has 0 bridgehead atoms. The molecule has 1 saturated heterocycles. The molecule has 12 heteroatoms. The first-order chi connectivity index (χ1) is 14.3. The number of likely N-dealkylation sites (tertiary alicyclic amines) is 1. The second-order valence-electron chi connectivity index (χ2n) is 7.93. The summed E-state index contributed by atoms with van der Waals surface area (Å²) in [6.45, 7) is 0.454. The van der Waals surface area contributed by atoms with Crippen molar-refractivity contribution in [3.63, 3.8) is 0 Å². The zero-order chi connectivity index (χ0) is 23.0. The summed E-state index contributed by atoms with van der Waals surface area (Å²) in [4.78, 5) is 24.1. The number of halogens is 6. The summed E-state index contributed by atoms with van der Waals surface area (Å²) in [5, 5.41) is 0. The van der Waals surface area contributed by atoms with Gasteiger partial charge in [0.25, 0.3) is 6.47 Å². The van der Waals surface area contributed by atoms with Crippen LogP contribution in [0.15, 0.2) is 18.2 Å². The van der Waals surface area contributed by atoms with E-state index in [1.54, 1.807) is 0 Å². The minimum absolute atomic E-state index is 0.0268. The Balaban J connectivity index is 1.49. The highest BCUT2D eigenvalue weighted by molar-refractivity contribution is 5.81. The Morgan fingerprint density at radius 2 is 1.74 bits per heavy atom. The smallest absolute Gasteiger partial charge is 0.417 e. The van der Waals surface area contributed by atoms with Gasteiger partial charge in [0.1, 0.15) is 6.61 Å². The molecule has 0 atom stereocenters. The fraction of sp³-hybridized carbons (Fsp3) is 0.579. The van der Waals surface area contributed by atoms with Crippen molar-refractivity contribution in [2.24, 2.45) is 11.7 Å². The highest BCUT2D eigenvalue weighted by atomic mass is 19.4. The van der Waals surface area contributed by atoms with Crippen molar-refractivity contribution >= 4 is 12.4 Å². The van der Waals surface area contributed by atoms with Gasteiger partial charge in [-0.3, -0.25) is 9.59 Å². The van der Waals surface area contributed by atoms with Crippen molar-refractivity contribution in [1.82, 2.24) is 4.90 Å². The van der Waals surface area contributed by atoms with Gasteiger partial charge in [-0.15, -0.1) is 0 Å². The van der Waals surface area contributed by atoms with Gasteiger partial charge >= 0.3 is 12.4 Å². The van der Waals surface area contributed by atoms with E-state index in [9.17, 15) is 35.9 Å². The molecule has 172 valence electrons. The normalized spacial score (nSPS) is 24.4.